The fourth-order valence-electron chi connectivity index (χ4n) is 1.91. The van der Waals surface area contributed by atoms with E-state index < -0.39 is 5.97 Å². The van der Waals surface area contributed by atoms with Gasteiger partial charge in [0.1, 0.15) is 16.4 Å². The molecule has 0 saturated carbocycles. The zero-order valence-electron chi connectivity index (χ0n) is 11.7. The van der Waals surface area contributed by atoms with Crippen LogP contribution in [0.1, 0.15) is 15.9 Å². The van der Waals surface area contributed by atoms with Crippen molar-refractivity contribution in [1.29, 1.82) is 0 Å². The highest BCUT2D eigenvalue weighted by atomic mass is 32.1. The van der Waals surface area contributed by atoms with Gasteiger partial charge in [-0.2, -0.15) is 0 Å². The molecule has 21 heavy (non-hydrogen) atoms. The molecule has 2 aromatic rings. The maximum absolute atomic E-state index is 11.8. The van der Waals surface area contributed by atoms with E-state index >= 15 is 0 Å². The predicted octanol–water partition coefficient (Wildman–Crippen LogP) is 2.27. The van der Waals surface area contributed by atoms with Crippen LogP contribution in [-0.2, 0) is 4.74 Å². The molecule has 2 rings (SSSR count). The lowest BCUT2D eigenvalue weighted by atomic mass is 10.2. The van der Waals surface area contributed by atoms with Crippen LogP contribution in [0.25, 0.3) is 0 Å². The van der Waals surface area contributed by atoms with Crippen molar-refractivity contribution in [2.75, 3.05) is 19.1 Å². The number of pyridine rings is 1. The van der Waals surface area contributed by atoms with Crippen molar-refractivity contribution in [2.24, 2.45) is 5.73 Å². The molecule has 0 aliphatic carbocycles. The van der Waals surface area contributed by atoms with Crippen LogP contribution in [0.4, 0.5) is 11.5 Å². The van der Waals surface area contributed by atoms with E-state index in [1.165, 1.54) is 7.11 Å². The van der Waals surface area contributed by atoms with Crippen molar-refractivity contribution in [2.45, 2.75) is 0 Å². The topological polar surface area (TPSA) is 68.5 Å². The smallest absolute Gasteiger partial charge is 0.341 e. The molecular formula is C15H15N3O2S. The van der Waals surface area contributed by atoms with Gasteiger partial charge in [-0.25, -0.2) is 9.78 Å². The van der Waals surface area contributed by atoms with Crippen LogP contribution in [0.2, 0.25) is 0 Å². The van der Waals surface area contributed by atoms with Gasteiger partial charge in [0.2, 0.25) is 0 Å². The number of rotatable bonds is 4. The number of hydrogen-bond acceptors (Lipinski definition) is 5. The number of nitrogens with zero attached hydrogens (tertiary/aromatic N) is 2. The summed E-state index contributed by atoms with van der Waals surface area (Å²) in [5.41, 5.74) is 7.63. The molecular weight excluding hydrogens is 286 g/mol. The highest BCUT2D eigenvalue weighted by Crippen LogP contribution is 2.25. The second-order valence-electron chi connectivity index (χ2n) is 4.34. The van der Waals surface area contributed by atoms with Crippen molar-refractivity contribution in [3.05, 3.63) is 53.7 Å². The summed E-state index contributed by atoms with van der Waals surface area (Å²) in [5.74, 6) is 0.0946. The second-order valence-corrected chi connectivity index (χ2v) is 4.78. The average Bonchev–Trinajstić information content (AvgIpc) is 2.53. The monoisotopic (exact) mass is 301 g/mol. The number of benzene rings is 1. The fourth-order valence-corrected chi connectivity index (χ4v) is 2.04. The SMILES string of the molecule is COC(=O)c1cccnc1N(C)c1ccc(C(N)=S)cc1. The summed E-state index contributed by atoms with van der Waals surface area (Å²) < 4.78 is 4.77. The minimum absolute atomic E-state index is 0.345. The molecule has 0 bridgehead atoms. The lowest BCUT2D eigenvalue weighted by Gasteiger charge is -2.20. The maximum Gasteiger partial charge on any atom is 0.341 e. The van der Waals surface area contributed by atoms with E-state index in [0.717, 1.165) is 11.3 Å². The number of esters is 1. The lowest BCUT2D eigenvalue weighted by Crippen LogP contribution is -2.17. The van der Waals surface area contributed by atoms with Crippen LogP contribution in [0, 0.1) is 0 Å². The van der Waals surface area contributed by atoms with Gasteiger partial charge in [0.25, 0.3) is 0 Å². The summed E-state index contributed by atoms with van der Waals surface area (Å²) in [6.07, 6.45) is 1.63. The molecule has 108 valence electrons. The van der Waals surface area contributed by atoms with E-state index in [2.05, 4.69) is 4.98 Å². The normalized spacial score (nSPS) is 10.0. The summed E-state index contributed by atoms with van der Waals surface area (Å²) >= 11 is 4.93. The van der Waals surface area contributed by atoms with Gasteiger partial charge >= 0.3 is 5.97 Å². The molecule has 0 fully saturated rings. The average molecular weight is 301 g/mol. The molecule has 1 aromatic carbocycles. The molecule has 0 spiro atoms. The highest BCUT2D eigenvalue weighted by molar-refractivity contribution is 7.80. The number of anilines is 2. The third kappa shape index (κ3) is 3.17. The molecule has 0 atom stereocenters. The Labute approximate surface area is 128 Å². The second kappa shape index (κ2) is 6.32. The Hall–Kier alpha value is -2.47. The Morgan fingerprint density at radius 3 is 2.52 bits per heavy atom. The summed E-state index contributed by atoms with van der Waals surface area (Å²) in [7, 11) is 3.17. The molecule has 1 heterocycles. The van der Waals surface area contributed by atoms with E-state index in [4.69, 9.17) is 22.7 Å². The van der Waals surface area contributed by atoms with Gasteiger partial charge in [-0.3, -0.25) is 0 Å². The molecule has 0 aliphatic heterocycles. The molecule has 0 radical (unpaired) electrons. The predicted molar refractivity (Wildman–Crippen MR) is 86.0 cm³/mol. The molecule has 1 aromatic heterocycles. The zero-order valence-corrected chi connectivity index (χ0v) is 12.6. The standard InChI is InChI=1S/C15H15N3O2S/c1-18(11-7-5-10(6-8-11)13(16)21)14-12(15(19)20-2)4-3-9-17-14/h3-9H,1-2H3,(H2,16,21). The summed E-state index contributed by atoms with van der Waals surface area (Å²) in [4.78, 5) is 18.2. The van der Waals surface area contributed by atoms with Gasteiger partial charge in [0, 0.05) is 24.5 Å². The minimum atomic E-state index is -0.426. The van der Waals surface area contributed by atoms with Crippen molar-refractivity contribution in [1.82, 2.24) is 4.98 Å². The van der Waals surface area contributed by atoms with E-state index in [1.54, 1.807) is 23.2 Å². The van der Waals surface area contributed by atoms with Gasteiger partial charge in [-0.05, 0) is 36.4 Å². The van der Waals surface area contributed by atoms with Crippen LogP contribution in [0.3, 0.4) is 0 Å². The molecule has 2 N–H and O–H groups in total. The number of aromatic nitrogens is 1. The summed E-state index contributed by atoms with van der Waals surface area (Å²) in [6.45, 7) is 0. The van der Waals surface area contributed by atoms with Crippen molar-refractivity contribution < 1.29 is 9.53 Å². The Bertz CT molecular complexity index is 671. The molecule has 0 amide bonds. The molecule has 0 unspecified atom stereocenters. The Balaban J connectivity index is 2.38. The van der Waals surface area contributed by atoms with Gasteiger partial charge in [0.05, 0.1) is 7.11 Å². The minimum Gasteiger partial charge on any atom is -0.465 e. The molecule has 6 heteroatoms. The molecule has 0 aliphatic rings. The van der Waals surface area contributed by atoms with Gasteiger partial charge in [-0.15, -0.1) is 0 Å². The van der Waals surface area contributed by atoms with Gasteiger partial charge in [0.15, 0.2) is 0 Å². The number of thiocarbonyl (C=S) groups is 1. The number of nitrogens with two attached hydrogens (primary N) is 1. The van der Waals surface area contributed by atoms with E-state index in [1.807, 2.05) is 31.3 Å². The van der Waals surface area contributed by atoms with E-state index in [-0.39, 0.29) is 0 Å². The maximum atomic E-state index is 11.8. The number of carbonyl (C=O) groups excluding carboxylic acids is 1. The first-order valence-electron chi connectivity index (χ1n) is 6.21. The number of ether oxygens (including phenoxy) is 1. The van der Waals surface area contributed by atoms with Crippen molar-refractivity contribution in [3.8, 4) is 0 Å². The summed E-state index contributed by atoms with van der Waals surface area (Å²) in [5, 5.41) is 0. The van der Waals surface area contributed by atoms with Crippen molar-refractivity contribution >= 4 is 34.7 Å². The first-order chi connectivity index (χ1) is 10.0. The molecule has 5 nitrogen and oxygen atoms in total. The zero-order chi connectivity index (χ0) is 15.4. The third-order valence-corrected chi connectivity index (χ3v) is 3.28. The number of methoxy groups -OCH3 is 1. The third-order valence-electron chi connectivity index (χ3n) is 3.05. The number of hydrogen-bond donors (Lipinski definition) is 1. The van der Waals surface area contributed by atoms with Crippen LogP contribution >= 0.6 is 12.2 Å². The van der Waals surface area contributed by atoms with Crippen molar-refractivity contribution in [3.63, 3.8) is 0 Å². The molecule has 0 saturated heterocycles. The lowest BCUT2D eigenvalue weighted by molar-refractivity contribution is 0.0601. The Morgan fingerprint density at radius 1 is 1.29 bits per heavy atom. The quantitative estimate of drug-likeness (QED) is 0.690. The van der Waals surface area contributed by atoms with Crippen LogP contribution in [-0.4, -0.2) is 30.1 Å². The number of carbonyl (C=O) groups is 1. The van der Waals surface area contributed by atoms with Gasteiger partial charge < -0.3 is 15.4 Å². The highest BCUT2D eigenvalue weighted by Gasteiger charge is 2.16. The first kappa shape index (κ1) is 14.9. The Kier molecular flexibility index (Phi) is 4.49. The van der Waals surface area contributed by atoms with Crippen LogP contribution in [0.15, 0.2) is 42.6 Å². The first-order valence-corrected chi connectivity index (χ1v) is 6.62. The van der Waals surface area contributed by atoms with Crippen LogP contribution < -0.4 is 10.6 Å². The van der Waals surface area contributed by atoms with Gasteiger partial charge in [-0.1, -0.05) is 12.2 Å². The summed E-state index contributed by atoms with van der Waals surface area (Å²) in [6, 6.07) is 10.8. The fraction of sp³-hybridized carbons (Fsp3) is 0.133. The largest absolute Gasteiger partial charge is 0.465 e. The van der Waals surface area contributed by atoms with E-state index in [0.29, 0.717) is 16.4 Å². The van der Waals surface area contributed by atoms with E-state index in [9.17, 15) is 4.79 Å². The van der Waals surface area contributed by atoms with Crippen LogP contribution in [0.5, 0.6) is 0 Å². The Morgan fingerprint density at radius 2 is 1.95 bits per heavy atom.